The predicted octanol–water partition coefficient (Wildman–Crippen LogP) is 5.83. The Morgan fingerprint density at radius 1 is 0.955 bits per heavy atom. The third-order valence-corrected chi connectivity index (χ3v) is 6.05. The van der Waals surface area contributed by atoms with Gasteiger partial charge in [-0.25, -0.2) is 13.2 Å². The van der Waals surface area contributed by atoms with Crippen molar-refractivity contribution in [2.75, 3.05) is 12.3 Å². The maximum absolute atomic E-state index is 14.1. The molecule has 126 valence electrons. The smallest absolute Gasteiger partial charge is 0.206 e. The minimum absolute atomic E-state index is 0.319. The molecule has 0 saturated heterocycles. The zero-order valence-electron chi connectivity index (χ0n) is 12.5. The molecule has 0 radical (unpaired) electrons. The summed E-state index contributed by atoms with van der Waals surface area (Å²) >= 11 is 0. The van der Waals surface area contributed by atoms with Crippen LogP contribution >= 0.6 is 7.92 Å². The van der Waals surface area contributed by atoms with E-state index in [1.54, 1.807) is 6.92 Å². The number of alkyl halides is 3. The second-order valence-electron chi connectivity index (χ2n) is 5.02. The first-order chi connectivity index (χ1) is 10.2. The van der Waals surface area contributed by atoms with Gasteiger partial charge in [0.05, 0.1) is 0 Å². The fraction of sp³-hybridized carbons (Fsp3) is 0.600. The van der Waals surface area contributed by atoms with E-state index in [4.69, 9.17) is 0 Å². The van der Waals surface area contributed by atoms with Crippen molar-refractivity contribution in [3.05, 3.63) is 29.1 Å². The van der Waals surface area contributed by atoms with Crippen molar-refractivity contribution in [2.24, 2.45) is 0 Å². The highest BCUT2D eigenvalue weighted by molar-refractivity contribution is 7.65. The van der Waals surface area contributed by atoms with Gasteiger partial charge in [0.2, 0.25) is 0 Å². The third kappa shape index (κ3) is 4.61. The summed E-state index contributed by atoms with van der Waals surface area (Å²) < 4.78 is 79.1. The van der Waals surface area contributed by atoms with Crippen LogP contribution in [0.5, 0.6) is 0 Å². The van der Waals surface area contributed by atoms with Gasteiger partial charge in [0, 0.05) is 5.30 Å². The van der Waals surface area contributed by atoms with E-state index in [-0.39, 0.29) is 5.30 Å². The molecule has 0 amide bonds. The Kier molecular flexibility index (Phi) is 7.17. The van der Waals surface area contributed by atoms with E-state index in [1.807, 2.05) is 6.92 Å². The Bertz CT molecular complexity index is 498. The van der Waals surface area contributed by atoms with Crippen LogP contribution in [0.15, 0.2) is 6.07 Å². The minimum Gasteiger partial charge on any atom is -0.206 e. The Balaban J connectivity index is 3.14. The van der Waals surface area contributed by atoms with Gasteiger partial charge < -0.3 is 0 Å². The SMILES string of the molecule is CCCCCCP(CC)c1cc(F)c(F)c(C(F)(F)F)c1F. The van der Waals surface area contributed by atoms with Gasteiger partial charge in [0.1, 0.15) is 11.4 Å². The molecule has 0 bridgehead atoms. The van der Waals surface area contributed by atoms with Crippen molar-refractivity contribution >= 4 is 13.2 Å². The Hall–Kier alpha value is -0.770. The molecule has 1 rings (SSSR count). The van der Waals surface area contributed by atoms with Gasteiger partial charge >= 0.3 is 6.18 Å². The van der Waals surface area contributed by atoms with Crippen molar-refractivity contribution in [3.63, 3.8) is 0 Å². The first-order valence-corrected chi connectivity index (χ1v) is 8.94. The van der Waals surface area contributed by atoms with E-state index in [0.717, 1.165) is 25.7 Å². The zero-order chi connectivity index (χ0) is 16.9. The molecular weight excluding hydrogens is 325 g/mol. The molecule has 1 atom stereocenters. The van der Waals surface area contributed by atoms with Crippen LogP contribution in [0.4, 0.5) is 26.3 Å². The number of hydrogen-bond donors (Lipinski definition) is 0. The Labute approximate surface area is 127 Å². The van der Waals surface area contributed by atoms with E-state index in [1.165, 1.54) is 0 Å². The van der Waals surface area contributed by atoms with Crippen LogP contribution in [0.25, 0.3) is 0 Å². The second-order valence-corrected chi connectivity index (χ2v) is 7.66. The lowest BCUT2D eigenvalue weighted by Gasteiger charge is -2.20. The molecule has 0 heterocycles. The molecule has 22 heavy (non-hydrogen) atoms. The normalized spacial score (nSPS) is 13.5. The van der Waals surface area contributed by atoms with Crippen LogP contribution in [0.3, 0.4) is 0 Å². The van der Waals surface area contributed by atoms with Crippen molar-refractivity contribution in [3.8, 4) is 0 Å². The topological polar surface area (TPSA) is 0 Å². The number of benzene rings is 1. The highest BCUT2D eigenvalue weighted by Gasteiger charge is 2.41. The van der Waals surface area contributed by atoms with Crippen LogP contribution in [0.1, 0.15) is 45.1 Å². The molecule has 0 aliphatic rings. The second kappa shape index (κ2) is 8.19. The van der Waals surface area contributed by atoms with Crippen LogP contribution in [0, 0.1) is 17.5 Å². The standard InChI is InChI=1S/C15H19F6P/c1-3-5-6-7-8-22(4-2)11-9-10(16)13(17)12(14(11)18)15(19,20)21/h9H,3-8H2,1-2H3. The average molecular weight is 344 g/mol. The van der Waals surface area contributed by atoms with E-state index in [0.29, 0.717) is 18.4 Å². The zero-order valence-corrected chi connectivity index (χ0v) is 13.4. The fourth-order valence-electron chi connectivity index (χ4n) is 2.25. The average Bonchev–Trinajstić information content (AvgIpc) is 2.42. The number of unbranched alkanes of at least 4 members (excludes halogenated alkanes) is 3. The van der Waals surface area contributed by atoms with Gasteiger partial charge in [0.15, 0.2) is 11.6 Å². The molecule has 0 aliphatic heterocycles. The van der Waals surface area contributed by atoms with E-state index >= 15 is 0 Å². The highest BCUT2D eigenvalue weighted by atomic mass is 31.1. The van der Waals surface area contributed by atoms with Gasteiger partial charge in [-0.2, -0.15) is 13.2 Å². The van der Waals surface area contributed by atoms with Gasteiger partial charge in [-0.3, -0.25) is 0 Å². The van der Waals surface area contributed by atoms with Crippen LogP contribution < -0.4 is 5.30 Å². The molecule has 0 saturated carbocycles. The quantitative estimate of drug-likeness (QED) is 0.253. The third-order valence-electron chi connectivity index (χ3n) is 3.42. The summed E-state index contributed by atoms with van der Waals surface area (Å²) in [6.07, 6.45) is -0.670. The molecule has 0 nitrogen and oxygen atoms in total. The lowest BCUT2D eigenvalue weighted by Crippen LogP contribution is -2.22. The first-order valence-electron chi connectivity index (χ1n) is 7.23. The van der Waals surface area contributed by atoms with E-state index < -0.39 is 37.1 Å². The van der Waals surface area contributed by atoms with Crippen LogP contribution in [-0.2, 0) is 6.18 Å². The summed E-state index contributed by atoms with van der Waals surface area (Å²) in [6, 6.07) is 0.592. The Morgan fingerprint density at radius 2 is 1.59 bits per heavy atom. The highest BCUT2D eigenvalue weighted by Crippen LogP contribution is 2.41. The van der Waals surface area contributed by atoms with Gasteiger partial charge in [-0.05, 0) is 24.8 Å². The predicted molar refractivity (Wildman–Crippen MR) is 77.4 cm³/mol. The maximum atomic E-state index is 14.1. The summed E-state index contributed by atoms with van der Waals surface area (Å²) in [7, 11) is -1.26. The maximum Gasteiger partial charge on any atom is 0.422 e. The van der Waals surface area contributed by atoms with E-state index in [9.17, 15) is 26.3 Å². The number of halogens is 6. The molecule has 1 aromatic carbocycles. The van der Waals surface area contributed by atoms with Gasteiger partial charge in [-0.1, -0.05) is 41.0 Å². The first kappa shape index (κ1) is 19.3. The molecular formula is C15H19F6P. The molecule has 0 N–H and O–H groups in total. The summed E-state index contributed by atoms with van der Waals surface area (Å²) in [4.78, 5) is 0. The largest absolute Gasteiger partial charge is 0.422 e. The van der Waals surface area contributed by atoms with Crippen LogP contribution in [-0.4, -0.2) is 12.3 Å². The van der Waals surface area contributed by atoms with Crippen molar-refractivity contribution in [2.45, 2.75) is 45.7 Å². The van der Waals surface area contributed by atoms with Crippen molar-refractivity contribution in [1.29, 1.82) is 0 Å². The Morgan fingerprint density at radius 3 is 2.09 bits per heavy atom. The summed E-state index contributed by atoms with van der Waals surface area (Å²) in [5.41, 5.74) is -2.11. The molecule has 1 unspecified atom stereocenters. The monoisotopic (exact) mass is 344 g/mol. The van der Waals surface area contributed by atoms with Gasteiger partial charge in [0.25, 0.3) is 0 Å². The molecule has 0 fully saturated rings. The summed E-state index contributed by atoms with van der Waals surface area (Å²) in [6.45, 7) is 3.74. The molecule has 7 heteroatoms. The molecule has 0 spiro atoms. The summed E-state index contributed by atoms with van der Waals surface area (Å²) in [5, 5.41) is -0.319. The molecule has 0 aromatic heterocycles. The number of hydrogen-bond acceptors (Lipinski definition) is 0. The van der Waals surface area contributed by atoms with E-state index in [2.05, 4.69) is 0 Å². The van der Waals surface area contributed by atoms with Crippen molar-refractivity contribution in [1.82, 2.24) is 0 Å². The van der Waals surface area contributed by atoms with Crippen molar-refractivity contribution < 1.29 is 26.3 Å². The fourth-order valence-corrected chi connectivity index (χ4v) is 4.44. The molecule has 1 aromatic rings. The summed E-state index contributed by atoms with van der Waals surface area (Å²) in [5.74, 6) is -5.46. The lowest BCUT2D eigenvalue weighted by atomic mass is 10.2. The van der Waals surface area contributed by atoms with Crippen LogP contribution in [0.2, 0.25) is 0 Å². The lowest BCUT2D eigenvalue weighted by molar-refractivity contribution is -0.142. The van der Waals surface area contributed by atoms with Gasteiger partial charge in [-0.15, -0.1) is 0 Å². The minimum atomic E-state index is -5.25. The number of rotatable bonds is 7. The molecule has 0 aliphatic carbocycles.